The summed E-state index contributed by atoms with van der Waals surface area (Å²) in [6, 6.07) is 4.40. The number of amides is 1. The fourth-order valence-corrected chi connectivity index (χ4v) is 2.93. The summed E-state index contributed by atoms with van der Waals surface area (Å²) in [5.74, 6) is -0.227. The van der Waals surface area contributed by atoms with Crippen molar-refractivity contribution in [3.63, 3.8) is 0 Å². The average molecular weight is 363 g/mol. The van der Waals surface area contributed by atoms with Crippen molar-refractivity contribution in [2.45, 2.75) is 18.5 Å². The topological polar surface area (TPSA) is 92.8 Å². The zero-order chi connectivity index (χ0) is 17.6. The molecule has 0 aliphatic heterocycles. The van der Waals surface area contributed by atoms with E-state index in [9.17, 15) is 9.18 Å². The molecular formula is C16H18FN5O2S. The molecule has 0 fully saturated rings. The maximum absolute atomic E-state index is 13.4. The van der Waals surface area contributed by atoms with E-state index in [1.165, 1.54) is 23.9 Å². The monoisotopic (exact) mass is 363 g/mol. The lowest BCUT2D eigenvalue weighted by atomic mass is 10.2. The van der Waals surface area contributed by atoms with E-state index < -0.39 is 0 Å². The number of aromatic amines is 1. The van der Waals surface area contributed by atoms with E-state index in [1.807, 2.05) is 6.92 Å². The maximum atomic E-state index is 13.4. The number of fused-ring (bicyclic) bond motifs is 3. The van der Waals surface area contributed by atoms with Crippen molar-refractivity contribution in [2.24, 2.45) is 0 Å². The van der Waals surface area contributed by atoms with Crippen molar-refractivity contribution < 1.29 is 13.9 Å². The number of carbonyl (C=O) groups is 1. The maximum Gasteiger partial charge on any atom is 0.230 e. The van der Waals surface area contributed by atoms with Crippen molar-refractivity contribution in [1.29, 1.82) is 0 Å². The van der Waals surface area contributed by atoms with Crippen molar-refractivity contribution in [1.82, 2.24) is 25.5 Å². The van der Waals surface area contributed by atoms with E-state index in [4.69, 9.17) is 4.74 Å². The minimum absolute atomic E-state index is 0.0936. The van der Waals surface area contributed by atoms with Crippen molar-refractivity contribution in [3.05, 3.63) is 24.0 Å². The number of hydrogen-bond donors (Lipinski definition) is 2. The Bertz CT molecular complexity index is 885. The second kappa shape index (κ2) is 8.21. The SMILES string of the molecule is CCOCCCNC(=O)CSc1nnc2c(n1)[nH]c1ccc(F)cc12. The standard InChI is InChI=1S/C16H18FN5O2S/c1-2-24-7-3-6-18-13(23)9-25-16-20-15-14(21-22-16)11-8-10(17)4-5-12(11)19-15/h4-5,8H,2-3,6-7,9H2,1H3,(H,18,23)(H,19,20,22). The van der Waals surface area contributed by atoms with Gasteiger partial charge in [-0.1, -0.05) is 11.8 Å². The van der Waals surface area contributed by atoms with Gasteiger partial charge in [-0.25, -0.2) is 9.37 Å². The zero-order valence-electron chi connectivity index (χ0n) is 13.7. The molecule has 0 atom stereocenters. The lowest BCUT2D eigenvalue weighted by Crippen LogP contribution is -2.27. The number of nitrogens with zero attached hydrogens (tertiary/aromatic N) is 3. The molecule has 0 saturated heterocycles. The van der Waals surface area contributed by atoms with E-state index in [1.54, 1.807) is 6.07 Å². The first-order valence-electron chi connectivity index (χ1n) is 7.96. The fraction of sp³-hybridized carbons (Fsp3) is 0.375. The van der Waals surface area contributed by atoms with Gasteiger partial charge in [0, 0.05) is 30.7 Å². The van der Waals surface area contributed by atoms with Crippen LogP contribution in [0.5, 0.6) is 0 Å². The summed E-state index contributed by atoms with van der Waals surface area (Å²) in [5, 5.41) is 12.0. The Kier molecular flexibility index (Phi) is 5.77. The molecule has 9 heteroatoms. The van der Waals surface area contributed by atoms with Crippen LogP contribution in [0.4, 0.5) is 4.39 Å². The van der Waals surface area contributed by atoms with Gasteiger partial charge in [0.15, 0.2) is 5.65 Å². The number of H-pyrrole nitrogens is 1. The summed E-state index contributed by atoms with van der Waals surface area (Å²) in [6.45, 7) is 3.82. The van der Waals surface area contributed by atoms with Crippen LogP contribution in [0.25, 0.3) is 22.1 Å². The number of halogens is 1. The Hall–Kier alpha value is -2.26. The van der Waals surface area contributed by atoms with Crippen LogP contribution in [0.15, 0.2) is 23.4 Å². The van der Waals surface area contributed by atoms with Gasteiger partial charge in [0.05, 0.1) is 5.75 Å². The Morgan fingerprint density at radius 2 is 2.28 bits per heavy atom. The molecule has 2 aromatic heterocycles. The first kappa shape index (κ1) is 17.6. The second-order valence-corrected chi connectivity index (χ2v) is 6.24. The van der Waals surface area contributed by atoms with Crippen LogP contribution in [0.1, 0.15) is 13.3 Å². The smallest absolute Gasteiger partial charge is 0.230 e. The summed E-state index contributed by atoms with van der Waals surface area (Å²) in [5.41, 5.74) is 1.78. The van der Waals surface area contributed by atoms with E-state index in [-0.39, 0.29) is 17.5 Å². The molecule has 2 heterocycles. The molecule has 0 aliphatic rings. The Labute approximate surface area is 147 Å². The molecule has 0 saturated carbocycles. The summed E-state index contributed by atoms with van der Waals surface area (Å²) in [4.78, 5) is 19.2. The van der Waals surface area contributed by atoms with Crippen LogP contribution in [-0.4, -0.2) is 51.6 Å². The van der Waals surface area contributed by atoms with Crippen molar-refractivity contribution >= 4 is 39.7 Å². The van der Waals surface area contributed by atoms with Gasteiger partial charge >= 0.3 is 0 Å². The largest absolute Gasteiger partial charge is 0.382 e. The molecular weight excluding hydrogens is 345 g/mol. The number of hydrogen-bond acceptors (Lipinski definition) is 6. The quantitative estimate of drug-likeness (QED) is 0.471. The summed E-state index contributed by atoms with van der Waals surface area (Å²) in [7, 11) is 0. The summed E-state index contributed by atoms with van der Waals surface area (Å²) in [6.07, 6.45) is 0.778. The first-order valence-corrected chi connectivity index (χ1v) is 8.95. The van der Waals surface area contributed by atoms with Crippen LogP contribution in [0, 0.1) is 5.82 Å². The third kappa shape index (κ3) is 4.43. The minimum atomic E-state index is -0.338. The summed E-state index contributed by atoms with van der Waals surface area (Å²) < 4.78 is 18.6. The second-order valence-electron chi connectivity index (χ2n) is 5.30. The molecule has 0 radical (unpaired) electrons. The molecule has 3 aromatic rings. The number of nitrogens with one attached hydrogen (secondary N) is 2. The average Bonchev–Trinajstić information content (AvgIpc) is 2.97. The van der Waals surface area contributed by atoms with E-state index >= 15 is 0 Å². The molecule has 3 rings (SSSR count). The first-order chi connectivity index (χ1) is 12.2. The van der Waals surface area contributed by atoms with E-state index in [0.717, 1.165) is 11.9 Å². The number of ether oxygens (including phenoxy) is 1. The van der Waals surface area contributed by atoms with Gasteiger partial charge in [-0.2, -0.15) is 0 Å². The van der Waals surface area contributed by atoms with Crippen molar-refractivity contribution in [2.75, 3.05) is 25.5 Å². The lowest BCUT2D eigenvalue weighted by molar-refractivity contribution is -0.118. The molecule has 0 spiro atoms. The Morgan fingerprint density at radius 1 is 1.40 bits per heavy atom. The molecule has 2 N–H and O–H groups in total. The lowest BCUT2D eigenvalue weighted by Gasteiger charge is -2.04. The predicted molar refractivity (Wildman–Crippen MR) is 94.0 cm³/mol. The van der Waals surface area contributed by atoms with Crippen LogP contribution in [0.2, 0.25) is 0 Å². The number of carbonyl (C=O) groups excluding carboxylic acids is 1. The highest BCUT2D eigenvalue weighted by atomic mass is 32.2. The van der Waals surface area contributed by atoms with E-state index in [2.05, 4.69) is 25.5 Å². The minimum Gasteiger partial charge on any atom is -0.382 e. The Balaban J connectivity index is 1.59. The number of benzene rings is 1. The van der Waals surface area contributed by atoms with Gasteiger partial charge in [-0.05, 0) is 31.5 Å². The molecule has 1 amide bonds. The number of rotatable bonds is 8. The van der Waals surface area contributed by atoms with Crippen LogP contribution < -0.4 is 5.32 Å². The third-order valence-corrected chi connectivity index (χ3v) is 4.32. The molecule has 0 aliphatic carbocycles. The molecule has 0 unspecified atom stereocenters. The highest BCUT2D eigenvalue weighted by molar-refractivity contribution is 7.99. The van der Waals surface area contributed by atoms with Crippen LogP contribution in [-0.2, 0) is 9.53 Å². The van der Waals surface area contributed by atoms with E-state index in [0.29, 0.717) is 41.5 Å². The highest BCUT2D eigenvalue weighted by Crippen LogP contribution is 2.24. The van der Waals surface area contributed by atoms with Crippen molar-refractivity contribution in [3.8, 4) is 0 Å². The molecule has 132 valence electrons. The molecule has 0 bridgehead atoms. The van der Waals surface area contributed by atoms with Gasteiger partial charge in [-0.15, -0.1) is 10.2 Å². The van der Waals surface area contributed by atoms with Gasteiger partial charge in [-0.3, -0.25) is 4.79 Å². The fourth-order valence-electron chi connectivity index (χ4n) is 2.32. The predicted octanol–water partition coefficient (Wildman–Crippen LogP) is 2.28. The number of aromatic nitrogens is 4. The third-order valence-electron chi connectivity index (χ3n) is 3.48. The molecule has 1 aromatic carbocycles. The van der Waals surface area contributed by atoms with Gasteiger partial charge in [0.2, 0.25) is 11.1 Å². The summed E-state index contributed by atoms with van der Waals surface area (Å²) >= 11 is 1.20. The van der Waals surface area contributed by atoms with Crippen LogP contribution >= 0.6 is 11.8 Å². The Morgan fingerprint density at radius 3 is 3.12 bits per heavy atom. The molecule has 25 heavy (non-hydrogen) atoms. The van der Waals surface area contributed by atoms with Gasteiger partial charge in [0.1, 0.15) is 11.3 Å². The molecule has 7 nitrogen and oxygen atoms in total. The normalized spacial score (nSPS) is 11.3. The number of thioether (sulfide) groups is 1. The van der Waals surface area contributed by atoms with Gasteiger partial charge in [0.25, 0.3) is 0 Å². The highest BCUT2D eigenvalue weighted by Gasteiger charge is 2.11. The zero-order valence-corrected chi connectivity index (χ0v) is 14.5. The van der Waals surface area contributed by atoms with Crippen LogP contribution in [0.3, 0.4) is 0 Å². The van der Waals surface area contributed by atoms with Gasteiger partial charge < -0.3 is 15.0 Å².